The Morgan fingerprint density at radius 3 is 2.62 bits per heavy atom. The number of methoxy groups -OCH3 is 2. The average molecular weight is 388 g/mol. The first kappa shape index (κ1) is 17.8. The van der Waals surface area contributed by atoms with Crippen LogP contribution < -0.4 is 0 Å². The molecule has 1 heterocycles. The lowest BCUT2D eigenvalue weighted by Gasteiger charge is -2.34. The lowest BCUT2D eigenvalue weighted by Crippen LogP contribution is -2.44. The van der Waals surface area contributed by atoms with Crippen LogP contribution in [0.3, 0.4) is 0 Å². The van der Waals surface area contributed by atoms with Crippen molar-refractivity contribution in [2.45, 2.75) is 17.5 Å². The molecule has 0 amide bonds. The Labute approximate surface area is 153 Å². The van der Waals surface area contributed by atoms with Gasteiger partial charge in [0, 0.05) is 31.2 Å². The zero-order valence-corrected chi connectivity index (χ0v) is 15.6. The van der Waals surface area contributed by atoms with Gasteiger partial charge >= 0.3 is 0 Å². The molecule has 3 rings (SSSR count). The molecule has 0 fully saturated rings. The molecule has 0 radical (unpaired) electrons. The summed E-state index contributed by atoms with van der Waals surface area (Å²) in [5.74, 6) is -1.18. The molecular weight excluding hydrogens is 373 g/mol. The minimum atomic E-state index is -1.56. The molecule has 1 aliphatic carbocycles. The van der Waals surface area contributed by atoms with Crippen LogP contribution in [0.4, 0.5) is 0 Å². The van der Waals surface area contributed by atoms with Gasteiger partial charge in [-0.3, -0.25) is 4.79 Å². The molecule has 0 spiro atoms. The van der Waals surface area contributed by atoms with Crippen LogP contribution in [-0.2, 0) is 20.1 Å². The molecule has 1 atom stereocenters. The number of fused-ring (bicyclic) bond motifs is 1. The number of carbonyl (C=O) groups excluding carboxylic acids is 1. The van der Waals surface area contributed by atoms with Gasteiger partial charge in [0.05, 0.1) is 15.8 Å². The number of thioether (sulfide) groups is 1. The SMILES string of the molecule is COC1(OC)C(=O)C[C@H](SC)c2onc(-c3ccc(Cl)cc3Cl)c21. The first-order chi connectivity index (χ1) is 11.5. The van der Waals surface area contributed by atoms with E-state index in [4.69, 9.17) is 37.2 Å². The third kappa shape index (κ3) is 2.57. The smallest absolute Gasteiger partial charge is 0.261 e. The van der Waals surface area contributed by atoms with Crippen molar-refractivity contribution in [2.75, 3.05) is 20.5 Å². The highest BCUT2D eigenvalue weighted by atomic mass is 35.5. The van der Waals surface area contributed by atoms with E-state index in [-0.39, 0.29) is 17.5 Å². The van der Waals surface area contributed by atoms with Crippen molar-refractivity contribution in [1.82, 2.24) is 5.16 Å². The van der Waals surface area contributed by atoms with Crippen LogP contribution in [0, 0.1) is 0 Å². The van der Waals surface area contributed by atoms with Gasteiger partial charge in [0.1, 0.15) is 5.69 Å². The van der Waals surface area contributed by atoms with Crippen LogP contribution in [0.25, 0.3) is 11.3 Å². The molecule has 128 valence electrons. The van der Waals surface area contributed by atoms with E-state index in [1.165, 1.54) is 26.0 Å². The van der Waals surface area contributed by atoms with E-state index in [2.05, 4.69) is 5.16 Å². The highest BCUT2D eigenvalue weighted by Crippen LogP contribution is 2.50. The monoisotopic (exact) mass is 387 g/mol. The zero-order chi connectivity index (χ0) is 17.5. The van der Waals surface area contributed by atoms with E-state index in [9.17, 15) is 4.79 Å². The van der Waals surface area contributed by atoms with Crippen molar-refractivity contribution < 1.29 is 18.8 Å². The minimum absolute atomic E-state index is 0.154. The summed E-state index contributed by atoms with van der Waals surface area (Å²) in [6, 6.07) is 5.03. The Morgan fingerprint density at radius 1 is 1.33 bits per heavy atom. The minimum Gasteiger partial charge on any atom is -0.359 e. The van der Waals surface area contributed by atoms with Crippen LogP contribution in [0.5, 0.6) is 0 Å². The molecule has 0 bridgehead atoms. The fourth-order valence-electron chi connectivity index (χ4n) is 2.95. The number of benzene rings is 1. The third-order valence-corrected chi connectivity index (χ3v) is 5.62. The van der Waals surface area contributed by atoms with Crippen molar-refractivity contribution in [1.29, 1.82) is 0 Å². The molecule has 8 heteroatoms. The summed E-state index contributed by atoms with van der Waals surface area (Å²) in [7, 11) is 2.84. The van der Waals surface area contributed by atoms with E-state index in [1.807, 2.05) is 6.26 Å². The summed E-state index contributed by atoms with van der Waals surface area (Å²) in [5.41, 5.74) is 1.48. The van der Waals surface area contributed by atoms with Crippen LogP contribution in [0.1, 0.15) is 23.0 Å². The number of hydrogen-bond donors (Lipinski definition) is 0. The second-order valence-electron chi connectivity index (χ2n) is 5.27. The van der Waals surface area contributed by atoms with Crippen LogP contribution in [0.15, 0.2) is 22.7 Å². The summed E-state index contributed by atoms with van der Waals surface area (Å²) in [4.78, 5) is 12.7. The maximum absolute atomic E-state index is 12.7. The Kier molecular flexibility index (Phi) is 4.95. The van der Waals surface area contributed by atoms with Crippen molar-refractivity contribution in [3.63, 3.8) is 0 Å². The van der Waals surface area contributed by atoms with Gasteiger partial charge in [0.2, 0.25) is 0 Å². The normalized spacial score (nSPS) is 19.4. The van der Waals surface area contributed by atoms with E-state index in [0.29, 0.717) is 32.6 Å². The van der Waals surface area contributed by atoms with Crippen molar-refractivity contribution in [3.05, 3.63) is 39.6 Å². The Balaban J connectivity index is 2.29. The van der Waals surface area contributed by atoms with Gasteiger partial charge in [0.15, 0.2) is 11.5 Å². The molecule has 0 saturated carbocycles. The molecule has 1 aromatic heterocycles. The summed E-state index contributed by atoms with van der Waals surface area (Å²) in [6.45, 7) is 0. The van der Waals surface area contributed by atoms with Crippen molar-refractivity contribution in [2.24, 2.45) is 0 Å². The number of rotatable bonds is 4. The summed E-state index contributed by atoms with van der Waals surface area (Å²) in [5, 5.41) is 4.90. The first-order valence-corrected chi connectivity index (χ1v) is 9.14. The van der Waals surface area contributed by atoms with E-state index in [0.717, 1.165) is 0 Å². The molecule has 0 unspecified atom stereocenters. The van der Waals surface area contributed by atoms with Gasteiger partial charge < -0.3 is 14.0 Å². The zero-order valence-electron chi connectivity index (χ0n) is 13.3. The number of carbonyl (C=O) groups is 1. The fraction of sp³-hybridized carbons (Fsp3) is 0.375. The summed E-state index contributed by atoms with van der Waals surface area (Å²) < 4.78 is 16.5. The maximum Gasteiger partial charge on any atom is 0.261 e. The molecule has 24 heavy (non-hydrogen) atoms. The fourth-order valence-corrected chi connectivity index (χ4v) is 4.14. The summed E-state index contributed by atoms with van der Waals surface area (Å²) >= 11 is 13.8. The van der Waals surface area contributed by atoms with E-state index in [1.54, 1.807) is 18.2 Å². The molecular formula is C16H15Cl2NO4S. The lowest BCUT2D eigenvalue weighted by atomic mass is 9.86. The number of ketones is 1. The molecule has 0 saturated heterocycles. The quantitative estimate of drug-likeness (QED) is 0.721. The standard InChI is InChI=1S/C16H15Cl2NO4S/c1-21-16(22-2)12(20)7-11(24-3)15-13(16)14(19-23-15)9-5-4-8(17)6-10(9)18/h4-6,11H,7H2,1-3H3/t11-/m0/s1. The Morgan fingerprint density at radius 2 is 2.04 bits per heavy atom. The van der Waals surface area contributed by atoms with E-state index < -0.39 is 5.79 Å². The second kappa shape index (κ2) is 6.69. The van der Waals surface area contributed by atoms with Crippen molar-refractivity contribution >= 4 is 40.7 Å². The first-order valence-electron chi connectivity index (χ1n) is 7.10. The topological polar surface area (TPSA) is 61.6 Å². The number of hydrogen-bond acceptors (Lipinski definition) is 6. The van der Waals surface area contributed by atoms with Crippen LogP contribution in [-0.4, -0.2) is 31.4 Å². The van der Waals surface area contributed by atoms with Crippen LogP contribution >= 0.6 is 35.0 Å². The lowest BCUT2D eigenvalue weighted by molar-refractivity contribution is -0.216. The summed E-state index contributed by atoms with van der Waals surface area (Å²) in [6.07, 6.45) is 2.14. The number of nitrogens with zero attached hydrogens (tertiary/aromatic N) is 1. The van der Waals surface area contributed by atoms with Crippen LogP contribution in [0.2, 0.25) is 10.0 Å². The highest BCUT2D eigenvalue weighted by molar-refractivity contribution is 7.98. The second-order valence-corrected chi connectivity index (χ2v) is 7.16. The number of aromatic nitrogens is 1. The predicted molar refractivity (Wildman–Crippen MR) is 93.5 cm³/mol. The largest absolute Gasteiger partial charge is 0.359 e. The molecule has 0 aliphatic heterocycles. The van der Waals surface area contributed by atoms with Gasteiger partial charge in [-0.2, -0.15) is 11.8 Å². The van der Waals surface area contributed by atoms with E-state index >= 15 is 0 Å². The molecule has 5 nitrogen and oxygen atoms in total. The molecule has 0 N–H and O–H groups in total. The maximum atomic E-state index is 12.7. The molecule has 2 aromatic rings. The van der Waals surface area contributed by atoms with Gasteiger partial charge in [-0.15, -0.1) is 0 Å². The number of halogens is 2. The van der Waals surface area contributed by atoms with Gasteiger partial charge in [-0.25, -0.2) is 0 Å². The Bertz CT molecular complexity index is 788. The highest BCUT2D eigenvalue weighted by Gasteiger charge is 2.52. The van der Waals surface area contributed by atoms with Crippen molar-refractivity contribution in [3.8, 4) is 11.3 Å². The molecule has 1 aromatic carbocycles. The molecule has 1 aliphatic rings. The van der Waals surface area contributed by atoms with Gasteiger partial charge in [-0.1, -0.05) is 28.4 Å². The Hall–Kier alpha value is -1.05. The number of ether oxygens (including phenoxy) is 2. The average Bonchev–Trinajstić information content (AvgIpc) is 3.00. The predicted octanol–water partition coefficient (Wildman–Crippen LogP) is 4.47. The third-order valence-electron chi connectivity index (χ3n) is 4.12. The van der Waals surface area contributed by atoms with Gasteiger partial charge in [-0.05, 0) is 24.5 Å². The number of Topliss-reactive ketones (excluding diaryl/α,β-unsaturated/α-hetero) is 1. The van der Waals surface area contributed by atoms with Gasteiger partial charge in [0.25, 0.3) is 5.79 Å².